The molecule has 1 fully saturated rings. The number of hydrogen-bond acceptors (Lipinski definition) is 4. The summed E-state index contributed by atoms with van der Waals surface area (Å²) in [5.41, 5.74) is 0.451. The van der Waals surface area contributed by atoms with E-state index >= 15 is 0 Å². The highest BCUT2D eigenvalue weighted by Gasteiger charge is 2.34. The van der Waals surface area contributed by atoms with E-state index < -0.39 is 0 Å². The molecule has 19 heavy (non-hydrogen) atoms. The molecule has 1 aliphatic carbocycles. The van der Waals surface area contributed by atoms with Crippen LogP contribution in [0.3, 0.4) is 0 Å². The summed E-state index contributed by atoms with van der Waals surface area (Å²) in [4.78, 5) is 8.29. The Kier molecular flexibility index (Phi) is 4.61. The average Bonchev–Trinajstić information content (AvgIpc) is 2.85. The first-order valence-corrected chi connectivity index (χ1v) is 7.23. The average molecular weight is 263 g/mol. The van der Waals surface area contributed by atoms with Gasteiger partial charge in [0.2, 0.25) is 5.88 Å². The lowest BCUT2D eigenvalue weighted by molar-refractivity contribution is 0.252. The van der Waals surface area contributed by atoms with E-state index in [9.17, 15) is 0 Å². The molecule has 1 aliphatic rings. The number of nitrogens with zero attached hydrogens (tertiary/aromatic N) is 2. The molecule has 0 bridgehead atoms. The van der Waals surface area contributed by atoms with Gasteiger partial charge in [-0.15, -0.1) is 0 Å². The van der Waals surface area contributed by atoms with Gasteiger partial charge in [0.25, 0.3) is 0 Å². The zero-order chi connectivity index (χ0) is 13.7. The molecule has 1 N–H and O–H groups in total. The zero-order valence-electron chi connectivity index (χ0n) is 12.3. The van der Waals surface area contributed by atoms with E-state index in [1.54, 1.807) is 13.4 Å². The molecular weight excluding hydrogens is 238 g/mol. The third-order valence-electron chi connectivity index (χ3n) is 4.00. The quantitative estimate of drug-likeness (QED) is 0.853. The molecule has 2 rings (SSSR count). The van der Waals surface area contributed by atoms with Crippen LogP contribution in [-0.2, 0) is 0 Å². The van der Waals surface area contributed by atoms with E-state index in [-0.39, 0.29) is 0 Å². The zero-order valence-corrected chi connectivity index (χ0v) is 12.3. The van der Waals surface area contributed by atoms with Crippen molar-refractivity contribution in [1.29, 1.82) is 0 Å². The number of hydrogen-bond donors (Lipinski definition) is 1. The molecule has 1 aromatic heterocycles. The number of methoxy groups -OCH3 is 1. The maximum atomic E-state index is 5.13. The van der Waals surface area contributed by atoms with Crippen LogP contribution in [0.1, 0.15) is 46.0 Å². The van der Waals surface area contributed by atoms with Crippen molar-refractivity contribution in [1.82, 2.24) is 9.97 Å². The minimum absolute atomic E-state index is 0.451. The Hall–Kier alpha value is -1.32. The molecule has 0 spiro atoms. The molecule has 106 valence electrons. The fourth-order valence-electron chi connectivity index (χ4n) is 3.27. The van der Waals surface area contributed by atoms with E-state index in [2.05, 4.69) is 29.1 Å². The van der Waals surface area contributed by atoms with Crippen LogP contribution in [0, 0.1) is 11.3 Å². The molecule has 0 radical (unpaired) electrons. The molecule has 0 aromatic carbocycles. The topological polar surface area (TPSA) is 47.0 Å². The lowest BCUT2D eigenvalue weighted by Gasteiger charge is -2.31. The van der Waals surface area contributed by atoms with Crippen LogP contribution >= 0.6 is 0 Å². The van der Waals surface area contributed by atoms with Gasteiger partial charge in [-0.25, -0.2) is 9.97 Å². The number of rotatable bonds is 6. The van der Waals surface area contributed by atoms with Crippen LogP contribution in [0.2, 0.25) is 0 Å². The summed E-state index contributed by atoms with van der Waals surface area (Å²) in [6.07, 6.45) is 8.23. The minimum Gasteiger partial charge on any atom is -0.481 e. The fraction of sp³-hybridized carbons (Fsp3) is 0.733. The van der Waals surface area contributed by atoms with E-state index in [0.717, 1.165) is 18.3 Å². The van der Waals surface area contributed by atoms with Crippen LogP contribution in [0.5, 0.6) is 5.88 Å². The van der Waals surface area contributed by atoms with Crippen LogP contribution in [0.25, 0.3) is 0 Å². The molecule has 1 heterocycles. The van der Waals surface area contributed by atoms with Crippen LogP contribution in [0.15, 0.2) is 12.4 Å². The lowest BCUT2D eigenvalue weighted by atomic mass is 9.78. The maximum absolute atomic E-state index is 5.13. The first-order chi connectivity index (χ1) is 9.13. The summed E-state index contributed by atoms with van der Waals surface area (Å²) >= 11 is 0. The Balaban J connectivity index is 1.98. The second-order valence-corrected chi connectivity index (χ2v) is 6.10. The Bertz CT molecular complexity index is 400. The smallest absolute Gasteiger partial charge is 0.218 e. The summed E-state index contributed by atoms with van der Waals surface area (Å²) in [7, 11) is 1.63. The molecule has 0 unspecified atom stereocenters. The van der Waals surface area contributed by atoms with E-state index in [0.29, 0.717) is 11.3 Å². The molecule has 4 nitrogen and oxygen atoms in total. The van der Waals surface area contributed by atoms with E-state index in [1.807, 2.05) is 6.07 Å². The third-order valence-corrected chi connectivity index (χ3v) is 4.00. The van der Waals surface area contributed by atoms with Gasteiger partial charge in [-0.3, -0.25) is 0 Å². The number of ether oxygens (including phenoxy) is 1. The monoisotopic (exact) mass is 263 g/mol. The van der Waals surface area contributed by atoms with Crippen molar-refractivity contribution in [2.75, 3.05) is 19.0 Å². The Labute approximate surface area is 116 Å². The fourth-order valence-corrected chi connectivity index (χ4v) is 3.27. The molecule has 0 aliphatic heterocycles. The standard InChI is InChI=1S/C15H25N3O/c1-12(2)9-15(6-4-5-7-15)10-16-13-8-14(19-3)18-11-17-13/h8,11-12H,4-7,9-10H2,1-3H3,(H,16,17,18). The summed E-state index contributed by atoms with van der Waals surface area (Å²) < 4.78 is 5.13. The second-order valence-electron chi connectivity index (χ2n) is 6.10. The number of anilines is 1. The van der Waals surface area contributed by atoms with Crippen LogP contribution < -0.4 is 10.1 Å². The highest BCUT2D eigenvalue weighted by molar-refractivity contribution is 5.37. The van der Waals surface area contributed by atoms with Gasteiger partial charge in [0, 0.05) is 12.6 Å². The lowest BCUT2D eigenvalue weighted by Crippen LogP contribution is -2.28. The van der Waals surface area contributed by atoms with Gasteiger partial charge >= 0.3 is 0 Å². The first kappa shape index (κ1) is 14.1. The van der Waals surface area contributed by atoms with Crippen molar-refractivity contribution < 1.29 is 4.74 Å². The van der Waals surface area contributed by atoms with E-state index in [4.69, 9.17) is 4.74 Å². The van der Waals surface area contributed by atoms with Crippen molar-refractivity contribution >= 4 is 5.82 Å². The Morgan fingerprint density at radius 3 is 2.68 bits per heavy atom. The normalized spacial score (nSPS) is 17.7. The SMILES string of the molecule is COc1cc(NCC2(CC(C)C)CCCC2)ncn1. The van der Waals surface area contributed by atoms with Gasteiger partial charge < -0.3 is 10.1 Å². The van der Waals surface area contributed by atoms with Crippen LogP contribution in [0.4, 0.5) is 5.82 Å². The molecule has 4 heteroatoms. The predicted octanol–water partition coefficient (Wildman–Crippen LogP) is 3.50. The largest absolute Gasteiger partial charge is 0.481 e. The number of nitrogens with one attached hydrogen (secondary N) is 1. The van der Waals surface area contributed by atoms with Crippen molar-refractivity contribution in [3.63, 3.8) is 0 Å². The minimum atomic E-state index is 0.451. The van der Waals surface area contributed by atoms with Crippen LogP contribution in [-0.4, -0.2) is 23.6 Å². The number of aromatic nitrogens is 2. The van der Waals surface area contributed by atoms with Gasteiger partial charge in [-0.1, -0.05) is 26.7 Å². The highest BCUT2D eigenvalue weighted by Crippen LogP contribution is 2.43. The highest BCUT2D eigenvalue weighted by atomic mass is 16.5. The van der Waals surface area contributed by atoms with Gasteiger partial charge in [-0.05, 0) is 30.6 Å². The van der Waals surface area contributed by atoms with E-state index in [1.165, 1.54) is 32.1 Å². The maximum Gasteiger partial charge on any atom is 0.218 e. The third kappa shape index (κ3) is 3.82. The van der Waals surface area contributed by atoms with Gasteiger partial charge in [0.1, 0.15) is 12.1 Å². The molecule has 1 aromatic rings. The summed E-state index contributed by atoms with van der Waals surface area (Å²) in [5.74, 6) is 2.23. The molecule has 0 atom stereocenters. The van der Waals surface area contributed by atoms with Crippen molar-refractivity contribution in [3.8, 4) is 5.88 Å². The van der Waals surface area contributed by atoms with Crippen molar-refractivity contribution in [2.45, 2.75) is 46.0 Å². The molecule has 0 amide bonds. The van der Waals surface area contributed by atoms with Gasteiger partial charge in [0.15, 0.2) is 0 Å². The summed E-state index contributed by atoms with van der Waals surface area (Å²) in [6, 6.07) is 1.86. The molecular formula is C15H25N3O. The van der Waals surface area contributed by atoms with Gasteiger partial charge in [0.05, 0.1) is 7.11 Å². The predicted molar refractivity (Wildman–Crippen MR) is 77.4 cm³/mol. The Morgan fingerprint density at radius 1 is 1.32 bits per heavy atom. The summed E-state index contributed by atoms with van der Waals surface area (Å²) in [6.45, 7) is 5.63. The summed E-state index contributed by atoms with van der Waals surface area (Å²) in [5, 5.41) is 3.48. The second kappa shape index (κ2) is 6.22. The first-order valence-electron chi connectivity index (χ1n) is 7.23. The van der Waals surface area contributed by atoms with Crippen molar-refractivity contribution in [2.24, 2.45) is 11.3 Å². The Morgan fingerprint density at radius 2 is 2.05 bits per heavy atom. The molecule has 0 saturated heterocycles. The van der Waals surface area contributed by atoms with Gasteiger partial charge in [-0.2, -0.15) is 0 Å². The van der Waals surface area contributed by atoms with Crippen molar-refractivity contribution in [3.05, 3.63) is 12.4 Å². The molecule has 1 saturated carbocycles.